The molecule has 1 saturated heterocycles. The Morgan fingerprint density at radius 1 is 1.21 bits per heavy atom. The van der Waals surface area contributed by atoms with Crippen molar-refractivity contribution in [1.29, 1.82) is 0 Å². The average molecular weight is 396 g/mol. The molecule has 0 unspecified atom stereocenters. The number of carbonyl (C=O) groups is 1. The Bertz CT molecular complexity index is 786. The van der Waals surface area contributed by atoms with Crippen molar-refractivity contribution in [2.45, 2.75) is 52.5 Å². The molecule has 2 aromatic rings. The summed E-state index contributed by atoms with van der Waals surface area (Å²) >= 11 is 0. The Labute approximate surface area is 174 Å². The van der Waals surface area contributed by atoms with Crippen LogP contribution in [0.5, 0.6) is 0 Å². The van der Waals surface area contributed by atoms with Gasteiger partial charge in [-0.3, -0.25) is 4.79 Å². The van der Waals surface area contributed by atoms with E-state index >= 15 is 0 Å². The van der Waals surface area contributed by atoms with E-state index in [1.165, 1.54) is 11.1 Å². The molecule has 0 radical (unpaired) electrons. The largest absolute Gasteiger partial charge is 0.370 e. The van der Waals surface area contributed by atoms with Gasteiger partial charge in [0.2, 0.25) is 5.91 Å². The molecular weight excluding hydrogens is 362 g/mol. The van der Waals surface area contributed by atoms with E-state index in [2.05, 4.69) is 51.5 Å². The fourth-order valence-corrected chi connectivity index (χ4v) is 3.75. The molecular formula is C23H33N5O. The van der Waals surface area contributed by atoms with E-state index in [1.54, 1.807) is 6.33 Å². The lowest BCUT2D eigenvalue weighted by Gasteiger charge is -2.32. The molecule has 1 fully saturated rings. The van der Waals surface area contributed by atoms with Crippen molar-refractivity contribution in [2.24, 2.45) is 5.92 Å². The number of nitrogens with one attached hydrogen (secondary N) is 2. The van der Waals surface area contributed by atoms with Crippen LogP contribution in [-0.4, -0.2) is 35.5 Å². The summed E-state index contributed by atoms with van der Waals surface area (Å²) in [7, 11) is 0. The smallest absolute Gasteiger partial charge is 0.220 e. The molecule has 0 atom stereocenters. The molecule has 0 spiro atoms. The van der Waals surface area contributed by atoms with Crippen LogP contribution in [0.2, 0.25) is 0 Å². The maximum atomic E-state index is 12.2. The lowest BCUT2D eigenvalue weighted by Crippen LogP contribution is -2.34. The van der Waals surface area contributed by atoms with Crippen LogP contribution < -0.4 is 15.5 Å². The van der Waals surface area contributed by atoms with Crippen molar-refractivity contribution in [2.75, 3.05) is 29.9 Å². The van der Waals surface area contributed by atoms with E-state index in [1.807, 2.05) is 18.2 Å². The highest BCUT2D eigenvalue weighted by atomic mass is 16.1. The summed E-state index contributed by atoms with van der Waals surface area (Å²) in [6.07, 6.45) is 6.48. The first kappa shape index (κ1) is 21.1. The number of rotatable bonds is 9. The molecule has 6 nitrogen and oxygen atoms in total. The second kappa shape index (κ2) is 10.8. The van der Waals surface area contributed by atoms with Gasteiger partial charge in [-0.2, -0.15) is 0 Å². The Hall–Kier alpha value is -2.63. The molecule has 3 rings (SSSR count). The number of benzene rings is 1. The van der Waals surface area contributed by atoms with Gasteiger partial charge in [0.15, 0.2) is 0 Å². The van der Waals surface area contributed by atoms with Crippen molar-refractivity contribution in [1.82, 2.24) is 15.3 Å². The van der Waals surface area contributed by atoms with Gasteiger partial charge in [0.1, 0.15) is 18.0 Å². The lowest BCUT2D eigenvalue weighted by molar-refractivity contribution is -0.121. The van der Waals surface area contributed by atoms with Crippen LogP contribution in [0.3, 0.4) is 0 Å². The minimum absolute atomic E-state index is 0.151. The topological polar surface area (TPSA) is 70.2 Å². The van der Waals surface area contributed by atoms with Crippen LogP contribution in [0.1, 0.15) is 50.2 Å². The zero-order valence-corrected chi connectivity index (χ0v) is 17.7. The highest BCUT2D eigenvalue weighted by Gasteiger charge is 2.21. The van der Waals surface area contributed by atoms with E-state index < -0.39 is 0 Å². The predicted octanol–water partition coefficient (Wildman–Crippen LogP) is 3.92. The normalized spacial score (nSPS) is 14.6. The zero-order chi connectivity index (χ0) is 20.5. The Balaban J connectivity index is 1.38. The number of amides is 1. The number of anilines is 2. The Kier molecular flexibility index (Phi) is 7.85. The molecule has 2 N–H and O–H groups in total. The van der Waals surface area contributed by atoms with Gasteiger partial charge < -0.3 is 15.5 Å². The third-order valence-electron chi connectivity index (χ3n) is 5.66. The van der Waals surface area contributed by atoms with Crippen LogP contribution in [0.15, 0.2) is 36.7 Å². The first-order valence-corrected chi connectivity index (χ1v) is 10.8. The standard InChI is InChI=1S/C23H33N5O/c1-3-12-24-21-15-22(27-17-26-21)28-13-10-19(11-14-28)8-9-23(29)25-16-20-7-5-4-6-18(20)2/h4-7,15,17,19H,3,8-14,16H2,1-2H3,(H,25,29)(H,24,26,27). The summed E-state index contributed by atoms with van der Waals surface area (Å²) in [4.78, 5) is 23.3. The van der Waals surface area contributed by atoms with Gasteiger partial charge in [0, 0.05) is 38.7 Å². The van der Waals surface area contributed by atoms with Gasteiger partial charge in [0.25, 0.3) is 0 Å². The molecule has 0 saturated carbocycles. The van der Waals surface area contributed by atoms with Crippen LogP contribution in [0.25, 0.3) is 0 Å². The van der Waals surface area contributed by atoms with Crippen molar-refractivity contribution in [3.05, 3.63) is 47.8 Å². The molecule has 1 aliphatic rings. The Morgan fingerprint density at radius 2 is 2.00 bits per heavy atom. The van der Waals surface area contributed by atoms with Crippen molar-refractivity contribution < 1.29 is 4.79 Å². The summed E-state index contributed by atoms with van der Waals surface area (Å²) in [6.45, 7) is 7.73. The van der Waals surface area contributed by atoms with E-state index in [9.17, 15) is 4.79 Å². The molecule has 156 valence electrons. The molecule has 1 amide bonds. The fraction of sp³-hybridized carbons (Fsp3) is 0.522. The third kappa shape index (κ3) is 6.44. The maximum Gasteiger partial charge on any atom is 0.220 e. The SMILES string of the molecule is CCCNc1cc(N2CCC(CCC(=O)NCc3ccccc3C)CC2)ncn1. The van der Waals surface area contributed by atoms with Crippen molar-refractivity contribution in [3.63, 3.8) is 0 Å². The molecule has 0 bridgehead atoms. The van der Waals surface area contributed by atoms with E-state index in [0.29, 0.717) is 18.9 Å². The molecule has 1 aromatic heterocycles. The van der Waals surface area contributed by atoms with Gasteiger partial charge in [0.05, 0.1) is 0 Å². The van der Waals surface area contributed by atoms with Crippen molar-refractivity contribution in [3.8, 4) is 0 Å². The summed E-state index contributed by atoms with van der Waals surface area (Å²) in [5.41, 5.74) is 2.41. The Morgan fingerprint density at radius 3 is 2.76 bits per heavy atom. The number of nitrogens with zero attached hydrogens (tertiary/aromatic N) is 3. The average Bonchev–Trinajstić information content (AvgIpc) is 2.76. The highest BCUT2D eigenvalue weighted by Crippen LogP contribution is 2.25. The number of hydrogen-bond acceptors (Lipinski definition) is 5. The molecule has 6 heteroatoms. The van der Waals surface area contributed by atoms with Gasteiger partial charge in [-0.05, 0) is 49.7 Å². The first-order valence-electron chi connectivity index (χ1n) is 10.8. The molecule has 1 aromatic carbocycles. The monoisotopic (exact) mass is 395 g/mol. The van der Waals surface area contributed by atoms with Gasteiger partial charge in [-0.15, -0.1) is 0 Å². The predicted molar refractivity (Wildman–Crippen MR) is 118 cm³/mol. The number of piperidine rings is 1. The molecule has 1 aliphatic heterocycles. The van der Waals surface area contributed by atoms with Crippen LogP contribution >= 0.6 is 0 Å². The summed E-state index contributed by atoms with van der Waals surface area (Å²) in [5, 5.41) is 6.38. The second-order valence-electron chi connectivity index (χ2n) is 7.86. The number of aryl methyl sites for hydroxylation is 1. The number of aromatic nitrogens is 2. The van der Waals surface area contributed by atoms with Gasteiger partial charge in [-0.1, -0.05) is 31.2 Å². The summed E-state index contributed by atoms with van der Waals surface area (Å²) in [5.74, 6) is 2.64. The fourth-order valence-electron chi connectivity index (χ4n) is 3.75. The molecule has 0 aliphatic carbocycles. The zero-order valence-electron chi connectivity index (χ0n) is 17.7. The van der Waals surface area contributed by atoms with E-state index in [0.717, 1.165) is 57.0 Å². The quantitative estimate of drug-likeness (QED) is 0.673. The van der Waals surface area contributed by atoms with Gasteiger partial charge in [-0.25, -0.2) is 9.97 Å². The van der Waals surface area contributed by atoms with Gasteiger partial charge >= 0.3 is 0 Å². The van der Waals surface area contributed by atoms with Crippen LogP contribution in [-0.2, 0) is 11.3 Å². The third-order valence-corrected chi connectivity index (χ3v) is 5.66. The lowest BCUT2D eigenvalue weighted by atomic mass is 9.92. The summed E-state index contributed by atoms with van der Waals surface area (Å²) in [6, 6.07) is 10.2. The minimum atomic E-state index is 0.151. The first-order chi connectivity index (χ1) is 14.2. The number of carbonyl (C=O) groups excluding carboxylic acids is 1. The maximum absolute atomic E-state index is 12.2. The highest BCUT2D eigenvalue weighted by molar-refractivity contribution is 5.75. The molecule has 29 heavy (non-hydrogen) atoms. The van der Waals surface area contributed by atoms with Crippen LogP contribution in [0.4, 0.5) is 11.6 Å². The minimum Gasteiger partial charge on any atom is -0.370 e. The van der Waals surface area contributed by atoms with E-state index in [-0.39, 0.29) is 5.91 Å². The van der Waals surface area contributed by atoms with Crippen molar-refractivity contribution >= 4 is 17.5 Å². The van der Waals surface area contributed by atoms with E-state index in [4.69, 9.17) is 0 Å². The second-order valence-corrected chi connectivity index (χ2v) is 7.86. The number of hydrogen-bond donors (Lipinski definition) is 2. The summed E-state index contributed by atoms with van der Waals surface area (Å²) < 4.78 is 0. The van der Waals surface area contributed by atoms with Crippen LogP contribution in [0, 0.1) is 12.8 Å². The molecule has 2 heterocycles.